The Balaban J connectivity index is 1.78. The maximum absolute atomic E-state index is 12.3. The summed E-state index contributed by atoms with van der Waals surface area (Å²) in [6.07, 6.45) is 3.31. The largest absolute Gasteiger partial charge is 0.352 e. The Morgan fingerprint density at radius 3 is 1.87 bits per heavy atom. The number of amides is 2. The lowest BCUT2D eigenvalue weighted by Crippen LogP contribution is -2.46. The van der Waals surface area contributed by atoms with Crippen LogP contribution in [-0.2, 0) is 19.4 Å². The van der Waals surface area contributed by atoms with Crippen LogP contribution in [0.4, 0.5) is 0 Å². The predicted octanol–water partition coefficient (Wildman–Crippen LogP) is 1.01. The fourth-order valence-corrected chi connectivity index (χ4v) is 4.99. The molecule has 0 aromatic rings. The minimum atomic E-state index is -2.98. The third-order valence-corrected chi connectivity index (χ3v) is 6.31. The molecule has 1 atom stereocenters. The minimum Gasteiger partial charge on any atom is -0.352 e. The molecule has 1 aliphatic heterocycles. The zero-order valence-corrected chi connectivity index (χ0v) is 15.0. The second-order valence-corrected chi connectivity index (χ2v) is 10.1. The van der Waals surface area contributed by atoms with Crippen molar-refractivity contribution in [2.45, 2.75) is 64.5 Å². The summed E-state index contributed by atoms with van der Waals surface area (Å²) in [4.78, 5) is 24.4. The molecule has 1 saturated carbocycles. The molecule has 0 aromatic heterocycles. The van der Waals surface area contributed by atoms with Gasteiger partial charge in [0.2, 0.25) is 11.8 Å². The first-order valence-electron chi connectivity index (χ1n) is 8.38. The molecule has 1 saturated heterocycles. The molecule has 23 heavy (non-hydrogen) atoms. The summed E-state index contributed by atoms with van der Waals surface area (Å²) in [7, 11) is -2.98. The molecule has 2 aliphatic rings. The van der Waals surface area contributed by atoms with Gasteiger partial charge in [-0.3, -0.25) is 9.59 Å². The van der Waals surface area contributed by atoms with Crippen molar-refractivity contribution >= 4 is 21.7 Å². The van der Waals surface area contributed by atoms with Gasteiger partial charge in [-0.1, -0.05) is 0 Å². The Kier molecular flexibility index (Phi) is 5.38. The summed E-state index contributed by atoms with van der Waals surface area (Å²) in [5.74, 6) is 0.113. The average molecular weight is 344 g/mol. The maximum Gasteiger partial charge on any atom is 0.223 e. The molecule has 132 valence electrons. The van der Waals surface area contributed by atoms with E-state index >= 15 is 0 Å². The van der Waals surface area contributed by atoms with E-state index in [9.17, 15) is 18.0 Å². The molecule has 2 amide bonds. The normalized spacial score (nSPS) is 30.7. The number of carbonyl (C=O) groups is 2. The number of rotatable bonds is 3. The molecule has 1 heterocycles. The van der Waals surface area contributed by atoms with E-state index in [4.69, 9.17) is 0 Å². The molecule has 7 heteroatoms. The number of carbonyl (C=O) groups excluding carboxylic acids is 2. The van der Waals surface area contributed by atoms with Gasteiger partial charge in [0.05, 0.1) is 11.5 Å². The zero-order valence-electron chi connectivity index (χ0n) is 14.2. The average Bonchev–Trinajstić information content (AvgIpc) is 2.76. The van der Waals surface area contributed by atoms with Crippen molar-refractivity contribution in [3.63, 3.8) is 0 Å². The van der Waals surface area contributed by atoms with Crippen LogP contribution in [0.3, 0.4) is 0 Å². The molecule has 0 spiro atoms. The van der Waals surface area contributed by atoms with Gasteiger partial charge in [-0.15, -0.1) is 0 Å². The van der Waals surface area contributed by atoms with Crippen LogP contribution >= 0.6 is 0 Å². The van der Waals surface area contributed by atoms with Crippen molar-refractivity contribution in [3.8, 4) is 0 Å². The van der Waals surface area contributed by atoms with Crippen molar-refractivity contribution in [2.75, 3.05) is 11.5 Å². The SMILES string of the molecule is CC(C)(C)NC(=O)C1CCC(C(=O)NC2CCS(=O)(=O)C2)CC1. The Morgan fingerprint density at radius 1 is 0.913 bits per heavy atom. The molecule has 0 bridgehead atoms. The Hall–Kier alpha value is -1.11. The first-order chi connectivity index (χ1) is 10.6. The topological polar surface area (TPSA) is 92.3 Å². The standard InChI is InChI=1S/C16H28N2O4S/c1-16(2,3)18-15(20)12-6-4-11(5-7-12)14(19)17-13-8-9-23(21,22)10-13/h11-13H,4-10H2,1-3H3,(H,17,19)(H,18,20). The number of nitrogens with one attached hydrogen (secondary N) is 2. The monoisotopic (exact) mass is 344 g/mol. The van der Waals surface area contributed by atoms with Crippen LogP contribution in [0.15, 0.2) is 0 Å². The highest BCUT2D eigenvalue weighted by atomic mass is 32.2. The molecule has 6 nitrogen and oxygen atoms in total. The molecule has 1 aliphatic carbocycles. The number of hydrogen-bond acceptors (Lipinski definition) is 4. The molecule has 2 N–H and O–H groups in total. The van der Waals surface area contributed by atoms with E-state index in [2.05, 4.69) is 10.6 Å². The van der Waals surface area contributed by atoms with Crippen molar-refractivity contribution in [2.24, 2.45) is 11.8 Å². The molecular weight excluding hydrogens is 316 g/mol. The van der Waals surface area contributed by atoms with Crippen molar-refractivity contribution in [1.82, 2.24) is 10.6 Å². The Labute approximate surface area is 138 Å². The van der Waals surface area contributed by atoms with Crippen LogP contribution in [0.2, 0.25) is 0 Å². The highest BCUT2D eigenvalue weighted by molar-refractivity contribution is 7.91. The van der Waals surface area contributed by atoms with Gasteiger partial charge in [0.15, 0.2) is 9.84 Å². The van der Waals surface area contributed by atoms with Crippen LogP contribution in [-0.4, -0.2) is 43.3 Å². The van der Waals surface area contributed by atoms with Crippen LogP contribution in [0.5, 0.6) is 0 Å². The van der Waals surface area contributed by atoms with Gasteiger partial charge in [-0.2, -0.15) is 0 Å². The van der Waals surface area contributed by atoms with Gasteiger partial charge in [0.25, 0.3) is 0 Å². The second kappa shape index (κ2) is 6.79. The molecule has 2 rings (SSSR count). The van der Waals surface area contributed by atoms with E-state index in [1.165, 1.54) is 0 Å². The first-order valence-corrected chi connectivity index (χ1v) is 10.2. The summed E-state index contributed by atoms with van der Waals surface area (Å²) >= 11 is 0. The summed E-state index contributed by atoms with van der Waals surface area (Å²) in [5, 5.41) is 5.86. The van der Waals surface area contributed by atoms with E-state index in [1.807, 2.05) is 20.8 Å². The summed E-state index contributed by atoms with van der Waals surface area (Å²) in [6.45, 7) is 5.87. The minimum absolute atomic E-state index is 0.0230. The summed E-state index contributed by atoms with van der Waals surface area (Å²) < 4.78 is 22.9. The van der Waals surface area contributed by atoms with Crippen LogP contribution in [0.1, 0.15) is 52.9 Å². The van der Waals surface area contributed by atoms with Crippen molar-refractivity contribution < 1.29 is 18.0 Å². The third-order valence-electron chi connectivity index (χ3n) is 4.55. The van der Waals surface area contributed by atoms with E-state index in [0.29, 0.717) is 32.1 Å². The van der Waals surface area contributed by atoms with E-state index in [1.54, 1.807) is 0 Å². The van der Waals surface area contributed by atoms with E-state index in [0.717, 1.165) is 0 Å². The smallest absolute Gasteiger partial charge is 0.223 e. The van der Waals surface area contributed by atoms with E-state index in [-0.39, 0.29) is 46.7 Å². The third kappa shape index (κ3) is 5.48. The fraction of sp³-hybridized carbons (Fsp3) is 0.875. The van der Waals surface area contributed by atoms with Gasteiger partial charge in [0.1, 0.15) is 0 Å². The van der Waals surface area contributed by atoms with Gasteiger partial charge in [-0.05, 0) is 52.9 Å². The fourth-order valence-electron chi connectivity index (χ4n) is 3.32. The van der Waals surface area contributed by atoms with E-state index < -0.39 is 9.84 Å². The van der Waals surface area contributed by atoms with Crippen molar-refractivity contribution in [3.05, 3.63) is 0 Å². The predicted molar refractivity (Wildman–Crippen MR) is 88.5 cm³/mol. The highest BCUT2D eigenvalue weighted by Crippen LogP contribution is 2.30. The second-order valence-electron chi connectivity index (χ2n) is 7.90. The summed E-state index contributed by atoms with van der Waals surface area (Å²) in [5.41, 5.74) is -0.237. The van der Waals surface area contributed by atoms with Crippen molar-refractivity contribution in [1.29, 1.82) is 0 Å². The lowest BCUT2D eigenvalue weighted by molar-refractivity contribution is -0.131. The maximum atomic E-state index is 12.3. The van der Waals surface area contributed by atoms with Crippen LogP contribution in [0.25, 0.3) is 0 Å². The quantitative estimate of drug-likeness (QED) is 0.799. The highest BCUT2D eigenvalue weighted by Gasteiger charge is 2.34. The lowest BCUT2D eigenvalue weighted by atomic mass is 9.80. The Bertz CT molecular complexity index is 557. The van der Waals surface area contributed by atoms with Gasteiger partial charge in [-0.25, -0.2) is 8.42 Å². The molecule has 2 fully saturated rings. The lowest BCUT2D eigenvalue weighted by Gasteiger charge is -2.30. The summed E-state index contributed by atoms with van der Waals surface area (Å²) in [6, 6.07) is -0.241. The molecule has 0 radical (unpaired) electrons. The molecule has 0 aromatic carbocycles. The first kappa shape index (κ1) is 18.2. The Morgan fingerprint density at radius 2 is 1.43 bits per heavy atom. The molecular formula is C16H28N2O4S. The number of sulfone groups is 1. The van der Waals surface area contributed by atoms with Gasteiger partial charge in [0, 0.05) is 23.4 Å². The zero-order chi connectivity index (χ0) is 17.3. The molecule has 1 unspecified atom stereocenters. The van der Waals surface area contributed by atoms with Crippen LogP contribution < -0.4 is 10.6 Å². The number of hydrogen-bond donors (Lipinski definition) is 2. The van der Waals surface area contributed by atoms with Gasteiger partial charge >= 0.3 is 0 Å². The van der Waals surface area contributed by atoms with Gasteiger partial charge < -0.3 is 10.6 Å². The van der Waals surface area contributed by atoms with Crippen LogP contribution in [0, 0.1) is 11.8 Å².